The van der Waals surface area contributed by atoms with Gasteiger partial charge in [0, 0.05) is 46.3 Å². The fourth-order valence-corrected chi connectivity index (χ4v) is 3.57. The van der Waals surface area contributed by atoms with E-state index in [2.05, 4.69) is 15.3 Å². The zero-order chi connectivity index (χ0) is 19.0. The molecule has 0 radical (unpaired) electrons. The van der Waals surface area contributed by atoms with E-state index in [-0.39, 0.29) is 17.9 Å². The number of rotatable bonds is 4. The van der Waals surface area contributed by atoms with E-state index >= 15 is 0 Å². The van der Waals surface area contributed by atoms with E-state index in [1.54, 1.807) is 28.1 Å². The van der Waals surface area contributed by atoms with Crippen LogP contribution in [0.2, 0.25) is 0 Å². The highest BCUT2D eigenvalue weighted by atomic mass is 16.2. The minimum absolute atomic E-state index is 0.106. The van der Waals surface area contributed by atoms with Gasteiger partial charge in [-0.05, 0) is 25.0 Å². The van der Waals surface area contributed by atoms with Gasteiger partial charge < -0.3 is 14.7 Å². The summed E-state index contributed by atoms with van der Waals surface area (Å²) in [5.41, 5.74) is 1.19. The van der Waals surface area contributed by atoms with E-state index in [0.29, 0.717) is 31.0 Å². The summed E-state index contributed by atoms with van der Waals surface area (Å²) < 4.78 is 1.87. The van der Waals surface area contributed by atoms with Crippen LogP contribution in [0, 0.1) is 0 Å². The number of aromatic nitrogens is 4. The molecular formula is C18H23N7O2. The van der Waals surface area contributed by atoms with Gasteiger partial charge in [0.1, 0.15) is 0 Å². The largest absolute Gasteiger partial charge is 0.361 e. The van der Waals surface area contributed by atoms with Crippen molar-refractivity contribution in [3.05, 3.63) is 30.2 Å². The smallest absolute Gasteiger partial charge is 0.274 e. The Morgan fingerprint density at radius 3 is 2.74 bits per heavy atom. The van der Waals surface area contributed by atoms with Crippen molar-refractivity contribution in [2.75, 3.05) is 43.5 Å². The molecule has 2 aromatic heterocycles. The van der Waals surface area contributed by atoms with Crippen LogP contribution in [0.4, 0.5) is 11.5 Å². The van der Waals surface area contributed by atoms with E-state index in [1.165, 1.54) is 0 Å². The summed E-state index contributed by atoms with van der Waals surface area (Å²) in [7, 11) is 3.76. The molecule has 2 aliphatic rings. The molecule has 4 rings (SSSR count). The van der Waals surface area contributed by atoms with E-state index in [9.17, 15) is 9.59 Å². The molecule has 2 aliphatic heterocycles. The third kappa shape index (κ3) is 3.36. The Morgan fingerprint density at radius 2 is 2.07 bits per heavy atom. The lowest BCUT2D eigenvalue weighted by Crippen LogP contribution is -2.30. The molecule has 1 atom stereocenters. The van der Waals surface area contributed by atoms with Crippen molar-refractivity contribution in [1.29, 1.82) is 0 Å². The van der Waals surface area contributed by atoms with Gasteiger partial charge in [-0.2, -0.15) is 5.10 Å². The van der Waals surface area contributed by atoms with Crippen LogP contribution in [-0.4, -0.2) is 70.4 Å². The van der Waals surface area contributed by atoms with Crippen LogP contribution in [0.5, 0.6) is 0 Å². The molecule has 27 heavy (non-hydrogen) atoms. The Morgan fingerprint density at radius 1 is 1.22 bits per heavy atom. The molecule has 9 heteroatoms. The predicted molar refractivity (Wildman–Crippen MR) is 99.7 cm³/mol. The van der Waals surface area contributed by atoms with Crippen molar-refractivity contribution in [2.45, 2.75) is 25.3 Å². The summed E-state index contributed by atoms with van der Waals surface area (Å²) in [6.07, 6.45) is 5.96. The number of hydrogen-bond donors (Lipinski definition) is 0. The molecule has 9 nitrogen and oxygen atoms in total. The third-order valence-electron chi connectivity index (χ3n) is 5.13. The average Bonchev–Trinajstić information content (AvgIpc) is 3.40. The quantitative estimate of drug-likeness (QED) is 0.798. The van der Waals surface area contributed by atoms with Crippen molar-refractivity contribution in [3.63, 3.8) is 0 Å². The van der Waals surface area contributed by atoms with E-state index < -0.39 is 0 Å². The predicted octanol–water partition coefficient (Wildman–Crippen LogP) is 0.953. The number of hydrogen-bond acceptors (Lipinski definition) is 6. The maximum Gasteiger partial charge on any atom is 0.274 e. The van der Waals surface area contributed by atoms with E-state index in [1.807, 2.05) is 29.9 Å². The molecule has 0 bridgehead atoms. The number of carbonyl (C=O) groups excluding carboxylic acids is 2. The molecule has 2 fully saturated rings. The zero-order valence-corrected chi connectivity index (χ0v) is 15.6. The maximum atomic E-state index is 12.7. The van der Waals surface area contributed by atoms with Crippen LogP contribution in [0.25, 0.3) is 0 Å². The van der Waals surface area contributed by atoms with Gasteiger partial charge in [0.2, 0.25) is 5.91 Å². The number of nitrogens with zero attached hydrogens (tertiary/aromatic N) is 7. The molecular weight excluding hydrogens is 346 g/mol. The Labute approximate surface area is 157 Å². The number of carbonyl (C=O) groups is 2. The molecule has 0 N–H and O–H groups in total. The first-order valence-corrected chi connectivity index (χ1v) is 9.18. The van der Waals surface area contributed by atoms with Crippen LogP contribution in [0.1, 0.15) is 35.8 Å². The Kier molecular flexibility index (Phi) is 4.51. The lowest BCUT2D eigenvalue weighted by Gasteiger charge is -2.17. The second kappa shape index (κ2) is 6.98. The number of likely N-dealkylation sites (tertiary alicyclic amines) is 1. The Bertz CT molecular complexity index is 846. The highest BCUT2D eigenvalue weighted by Gasteiger charge is 2.30. The zero-order valence-electron chi connectivity index (χ0n) is 15.6. The Balaban J connectivity index is 1.42. The lowest BCUT2D eigenvalue weighted by atomic mass is 10.3. The summed E-state index contributed by atoms with van der Waals surface area (Å²) in [5, 5.41) is 12.6. The summed E-state index contributed by atoms with van der Waals surface area (Å²) in [6.45, 7) is 1.98. The van der Waals surface area contributed by atoms with Gasteiger partial charge >= 0.3 is 0 Å². The molecule has 0 aliphatic carbocycles. The fraction of sp³-hybridized carbons (Fsp3) is 0.500. The van der Waals surface area contributed by atoms with E-state index in [0.717, 1.165) is 25.1 Å². The molecule has 4 heterocycles. The van der Waals surface area contributed by atoms with Crippen molar-refractivity contribution in [1.82, 2.24) is 24.9 Å². The SMILES string of the molecule is CN(C)c1ccc(C(=O)N2CCC(n3cc(N4CCCC4=O)cn3)C2)nn1. The molecule has 2 saturated heterocycles. The molecule has 1 unspecified atom stereocenters. The van der Waals surface area contributed by atoms with Gasteiger partial charge in [-0.15, -0.1) is 10.2 Å². The first-order chi connectivity index (χ1) is 13.0. The van der Waals surface area contributed by atoms with Gasteiger partial charge in [-0.1, -0.05) is 0 Å². The van der Waals surface area contributed by atoms with Crippen LogP contribution in [-0.2, 0) is 4.79 Å². The average molecular weight is 369 g/mol. The normalized spacial score (nSPS) is 19.8. The highest BCUT2D eigenvalue weighted by molar-refractivity contribution is 5.95. The van der Waals surface area contributed by atoms with Gasteiger partial charge in [0.25, 0.3) is 5.91 Å². The van der Waals surface area contributed by atoms with Gasteiger partial charge in [-0.3, -0.25) is 14.3 Å². The van der Waals surface area contributed by atoms with Crippen LogP contribution in [0.3, 0.4) is 0 Å². The van der Waals surface area contributed by atoms with Crippen molar-refractivity contribution in [2.24, 2.45) is 0 Å². The molecule has 2 amide bonds. The van der Waals surface area contributed by atoms with Crippen molar-refractivity contribution in [3.8, 4) is 0 Å². The van der Waals surface area contributed by atoms with Crippen molar-refractivity contribution >= 4 is 23.3 Å². The standard InChI is InChI=1S/C18H23N7O2/c1-22(2)16-6-5-15(20-21-16)18(27)23-9-7-13(11-23)25-12-14(10-19-25)24-8-3-4-17(24)26/h5-6,10,12-13H,3-4,7-9,11H2,1-2H3. The topological polar surface area (TPSA) is 87.5 Å². The molecule has 0 aromatic carbocycles. The van der Waals surface area contributed by atoms with Gasteiger partial charge in [0.15, 0.2) is 11.5 Å². The summed E-state index contributed by atoms with van der Waals surface area (Å²) in [6, 6.07) is 3.61. The highest BCUT2D eigenvalue weighted by Crippen LogP contribution is 2.26. The molecule has 0 saturated carbocycles. The Hall–Kier alpha value is -2.97. The second-order valence-corrected chi connectivity index (χ2v) is 7.19. The van der Waals surface area contributed by atoms with Gasteiger partial charge in [-0.25, -0.2) is 0 Å². The summed E-state index contributed by atoms with van der Waals surface area (Å²) in [4.78, 5) is 30.0. The molecule has 142 valence electrons. The number of anilines is 2. The monoisotopic (exact) mass is 369 g/mol. The third-order valence-corrected chi connectivity index (χ3v) is 5.13. The van der Waals surface area contributed by atoms with Crippen molar-refractivity contribution < 1.29 is 9.59 Å². The molecule has 2 aromatic rings. The lowest BCUT2D eigenvalue weighted by molar-refractivity contribution is -0.117. The fourth-order valence-electron chi connectivity index (χ4n) is 3.57. The first kappa shape index (κ1) is 17.4. The van der Waals surface area contributed by atoms with Crippen LogP contribution < -0.4 is 9.80 Å². The maximum absolute atomic E-state index is 12.7. The minimum atomic E-state index is -0.114. The van der Waals surface area contributed by atoms with Crippen LogP contribution >= 0.6 is 0 Å². The first-order valence-electron chi connectivity index (χ1n) is 9.18. The summed E-state index contributed by atoms with van der Waals surface area (Å²) >= 11 is 0. The van der Waals surface area contributed by atoms with Crippen LogP contribution in [0.15, 0.2) is 24.5 Å². The van der Waals surface area contributed by atoms with E-state index in [4.69, 9.17) is 0 Å². The van der Waals surface area contributed by atoms with Gasteiger partial charge in [0.05, 0.1) is 17.9 Å². The molecule has 0 spiro atoms. The minimum Gasteiger partial charge on any atom is -0.361 e. The second-order valence-electron chi connectivity index (χ2n) is 7.19. The summed E-state index contributed by atoms with van der Waals surface area (Å²) in [5.74, 6) is 0.751. The number of amides is 2.